The highest BCUT2D eigenvalue weighted by Gasteiger charge is 2.28. The summed E-state index contributed by atoms with van der Waals surface area (Å²) in [6, 6.07) is 21.3. The Morgan fingerprint density at radius 3 is 2.45 bits per heavy atom. The molecule has 33 heavy (non-hydrogen) atoms. The van der Waals surface area contributed by atoms with Crippen LogP contribution in [-0.2, 0) is 16.0 Å². The lowest BCUT2D eigenvalue weighted by Gasteiger charge is -2.30. The lowest BCUT2D eigenvalue weighted by Crippen LogP contribution is -2.51. The first-order chi connectivity index (χ1) is 16.0. The van der Waals surface area contributed by atoms with Gasteiger partial charge in [-0.25, -0.2) is 0 Å². The fraction of sp³-hybridized carbons (Fsp3) is 0.333. The van der Waals surface area contributed by atoms with Crippen LogP contribution in [0.4, 0.5) is 0 Å². The van der Waals surface area contributed by atoms with Crippen molar-refractivity contribution in [1.82, 2.24) is 10.2 Å². The van der Waals surface area contributed by atoms with Crippen molar-refractivity contribution in [2.45, 2.75) is 39.2 Å². The number of hydrogen-bond acceptors (Lipinski definition) is 3. The third-order valence-corrected chi connectivity index (χ3v) is 6.42. The van der Waals surface area contributed by atoms with Gasteiger partial charge in [-0.3, -0.25) is 9.59 Å². The van der Waals surface area contributed by atoms with E-state index in [0.29, 0.717) is 31.7 Å². The Labute approximate surface area is 204 Å². The number of fused-ring (bicyclic) bond motifs is 1. The third kappa shape index (κ3) is 6.57. The summed E-state index contributed by atoms with van der Waals surface area (Å²) in [6.07, 6.45) is 2.05. The van der Waals surface area contributed by atoms with E-state index in [-0.39, 0.29) is 18.4 Å². The van der Waals surface area contributed by atoms with Crippen LogP contribution < -0.4 is 10.1 Å². The van der Waals surface area contributed by atoms with Crippen LogP contribution in [0.3, 0.4) is 0 Å². The van der Waals surface area contributed by atoms with Crippen molar-refractivity contribution in [3.8, 4) is 5.75 Å². The second-order valence-electron chi connectivity index (χ2n) is 7.93. The molecule has 5 nitrogen and oxygen atoms in total. The SMILES string of the molecule is CCCNC(=O)C(CC)N(CCc1ccccc1)C(=O)COc1ccc2ccccc2c1Br. The average Bonchev–Trinajstić information content (AvgIpc) is 2.85. The molecule has 0 saturated carbocycles. The maximum atomic E-state index is 13.3. The number of ether oxygens (including phenoxy) is 1. The van der Waals surface area contributed by atoms with E-state index in [2.05, 4.69) is 21.2 Å². The van der Waals surface area contributed by atoms with E-state index in [1.54, 1.807) is 4.90 Å². The number of amides is 2. The van der Waals surface area contributed by atoms with E-state index in [1.807, 2.05) is 80.6 Å². The summed E-state index contributed by atoms with van der Waals surface area (Å²) in [5.41, 5.74) is 1.12. The molecular weight excluding hydrogens is 480 g/mol. The first-order valence-electron chi connectivity index (χ1n) is 11.5. The molecule has 1 N–H and O–H groups in total. The van der Waals surface area contributed by atoms with Crippen molar-refractivity contribution in [1.29, 1.82) is 0 Å². The topological polar surface area (TPSA) is 58.6 Å². The van der Waals surface area contributed by atoms with E-state index >= 15 is 0 Å². The molecule has 0 fully saturated rings. The highest BCUT2D eigenvalue weighted by molar-refractivity contribution is 9.10. The monoisotopic (exact) mass is 510 g/mol. The second-order valence-corrected chi connectivity index (χ2v) is 8.72. The zero-order valence-electron chi connectivity index (χ0n) is 19.2. The van der Waals surface area contributed by atoms with Gasteiger partial charge in [0.25, 0.3) is 5.91 Å². The van der Waals surface area contributed by atoms with Crippen LogP contribution in [-0.4, -0.2) is 42.5 Å². The molecule has 0 bridgehead atoms. The van der Waals surface area contributed by atoms with Gasteiger partial charge in [0, 0.05) is 13.1 Å². The van der Waals surface area contributed by atoms with Crippen molar-refractivity contribution in [3.63, 3.8) is 0 Å². The van der Waals surface area contributed by atoms with Gasteiger partial charge in [0.15, 0.2) is 6.61 Å². The Hall–Kier alpha value is -2.86. The molecular formula is C27H31BrN2O3. The van der Waals surface area contributed by atoms with Crippen LogP contribution in [0, 0.1) is 0 Å². The van der Waals surface area contributed by atoms with Gasteiger partial charge >= 0.3 is 0 Å². The molecule has 0 heterocycles. The Bertz CT molecular complexity index is 1070. The van der Waals surface area contributed by atoms with Gasteiger partial charge in [-0.1, -0.05) is 74.5 Å². The van der Waals surface area contributed by atoms with Gasteiger partial charge in [0.2, 0.25) is 5.91 Å². The maximum Gasteiger partial charge on any atom is 0.261 e. The third-order valence-electron chi connectivity index (χ3n) is 5.60. The minimum Gasteiger partial charge on any atom is -0.483 e. The van der Waals surface area contributed by atoms with E-state index in [1.165, 1.54) is 0 Å². The lowest BCUT2D eigenvalue weighted by molar-refractivity contribution is -0.142. The van der Waals surface area contributed by atoms with Crippen molar-refractivity contribution < 1.29 is 14.3 Å². The molecule has 3 rings (SSSR count). The van der Waals surface area contributed by atoms with Crippen LogP contribution >= 0.6 is 15.9 Å². The molecule has 1 atom stereocenters. The van der Waals surface area contributed by atoms with Crippen molar-refractivity contribution >= 4 is 38.5 Å². The minimum atomic E-state index is -0.531. The molecule has 3 aromatic carbocycles. The summed E-state index contributed by atoms with van der Waals surface area (Å²) in [7, 11) is 0. The molecule has 0 spiro atoms. The van der Waals surface area contributed by atoms with Gasteiger partial charge in [0.05, 0.1) is 4.47 Å². The lowest BCUT2D eigenvalue weighted by atomic mass is 10.1. The van der Waals surface area contributed by atoms with Crippen LogP contribution in [0.25, 0.3) is 10.8 Å². The number of carbonyl (C=O) groups excluding carboxylic acids is 2. The highest BCUT2D eigenvalue weighted by Crippen LogP contribution is 2.33. The number of halogens is 1. The fourth-order valence-electron chi connectivity index (χ4n) is 3.81. The zero-order valence-corrected chi connectivity index (χ0v) is 20.8. The van der Waals surface area contributed by atoms with Gasteiger partial charge < -0.3 is 15.0 Å². The molecule has 0 radical (unpaired) electrons. The fourth-order valence-corrected chi connectivity index (χ4v) is 4.42. The highest BCUT2D eigenvalue weighted by atomic mass is 79.9. The van der Waals surface area contributed by atoms with Gasteiger partial charge in [-0.15, -0.1) is 0 Å². The minimum absolute atomic E-state index is 0.118. The normalized spacial score (nSPS) is 11.7. The van der Waals surface area contributed by atoms with E-state index in [0.717, 1.165) is 27.2 Å². The number of nitrogens with zero attached hydrogens (tertiary/aromatic N) is 1. The summed E-state index contributed by atoms with van der Waals surface area (Å²) in [5.74, 6) is 0.283. The molecule has 2 amide bonds. The van der Waals surface area contributed by atoms with Crippen LogP contribution in [0.15, 0.2) is 71.2 Å². The number of nitrogens with one attached hydrogen (secondary N) is 1. The number of benzene rings is 3. The van der Waals surface area contributed by atoms with Gasteiger partial charge in [-0.2, -0.15) is 0 Å². The Morgan fingerprint density at radius 1 is 1.00 bits per heavy atom. The smallest absolute Gasteiger partial charge is 0.261 e. The first kappa shape index (κ1) is 24.8. The van der Waals surface area contributed by atoms with E-state index in [4.69, 9.17) is 4.74 Å². The quantitative estimate of drug-likeness (QED) is 0.377. The summed E-state index contributed by atoms with van der Waals surface area (Å²) in [4.78, 5) is 27.8. The van der Waals surface area contributed by atoms with Crippen molar-refractivity contribution in [3.05, 3.63) is 76.8 Å². The summed E-state index contributed by atoms with van der Waals surface area (Å²) in [6.45, 7) is 4.84. The standard InChI is InChI=1S/C27H31BrN2O3/c1-3-17-29-27(32)23(4-2)30(18-16-20-10-6-5-7-11-20)25(31)19-33-24-15-14-21-12-8-9-13-22(21)26(24)28/h5-15,23H,3-4,16-19H2,1-2H3,(H,29,32). The predicted molar refractivity (Wildman–Crippen MR) is 136 cm³/mol. The first-order valence-corrected chi connectivity index (χ1v) is 12.3. The Kier molecular flexibility index (Phi) is 9.31. The van der Waals surface area contributed by atoms with Crippen LogP contribution in [0.1, 0.15) is 32.3 Å². The Morgan fingerprint density at radius 2 is 1.73 bits per heavy atom. The molecule has 0 aromatic heterocycles. The number of rotatable bonds is 11. The number of carbonyl (C=O) groups is 2. The van der Waals surface area contributed by atoms with Crippen molar-refractivity contribution in [2.75, 3.05) is 19.7 Å². The molecule has 0 aliphatic heterocycles. The molecule has 3 aromatic rings. The van der Waals surface area contributed by atoms with Gasteiger partial charge in [-0.05, 0) is 57.6 Å². The molecule has 0 aliphatic rings. The molecule has 0 saturated heterocycles. The molecule has 174 valence electrons. The van der Waals surface area contributed by atoms with E-state index in [9.17, 15) is 9.59 Å². The van der Waals surface area contributed by atoms with Crippen LogP contribution in [0.5, 0.6) is 5.75 Å². The van der Waals surface area contributed by atoms with E-state index < -0.39 is 6.04 Å². The summed E-state index contributed by atoms with van der Waals surface area (Å²) < 4.78 is 6.74. The zero-order chi connectivity index (χ0) is 23.6. The number of hydrogen-bond donors (Lipinski definition) is 1. The van der Waals surface area contributed by atoms with Crippen LogP contribution in [0.2, 0.25) is 0 Å². The summed E-state index contributed by atoms with van der Waals surface area (Å²) in [5, 5.41) is 5.05. The second kappa shape index (κ2) is 12.4. The largest absolute Gasteiger partial charge is 0.483 e. The van der Waals surface area contributed by atoms with Gasteiger partial charge in [0.1, 0.15) is 11.8 Å². The Balaban J connectivity index is 1.75. The predicted octanol–water partition coefficient (Wildman–Crippen LogP) is 5.36. The van der Waals surface area contributed by atoms with Crippen molar-refractivity contribution in [2.24, 2.45) is 0 Å². The molecule has 1 unspecified atom stereocenters. The average molecular weight is 511 g/mol. The molecule has 6 heteroatoms. The maximum absolute atomic E-state index is 13.3. The summed E-state index contributed by atoms with van der Waals surface area (Å²) >= 11 is 3.61. The molecule has 0 aliphatic carbocycles.